The molecule has 25 heavy (non-hydrogen) atoms. The summed E-state index contributed by atoms with van der Waals surface area (Å²) in [4.78, 5) is 37.7. The van der Waals surface area contributed by atoms with E-state index in [0.717, 1.165) is 4.90 Å². The zero-order valence-electron chi connectivity index (χ0n) is 14.7. The monoisotopic (exact) mass is 348 g/mol. The quantitative estimate of drug-likeness (QED) is 0.636. The highest BCUT2D eigenvalue weighted by atomic mass is 16.5. The van der Waals surface area contributed by atoms with Crippen LogP contribution in [0.5, 0.6) is 17.2 Å². The molecule has 8 heteroatoms. The first-order chi connectivity index (χ1) is 11.6. The van der Waals surface area contributed by atoms with Crippen molar-refractivity contribution >= 4 is 23.9 Å². The maximum absolute atomic E-state index is 12.6. The Balaban J connectivity index is 2.54. The second-order valence-electron chi connectivity index (χ2n) is 6.40. The Morgan fingerprint density at radius 2 is 1.60 bits per heavy atom. The van der Waals surface area contributed by atoms with Crippen LogP contribution in [0.2, 0.25) is 0 Å². The Morgan fingerprint density at radius 1 is 1.08 bits per heavy atom. The number of phenols is 1. The van der Waals surface area contributed by atoms with Crippen molar-refractivity contribution in [2.75, 3.05) is 14.2 Å². The number of ether oxygens (including phenoxy) is 2. The summed E-state index contributed by atoms with van der Waals surface area (Å²) in [5, 5.41) is 12.1. The number of carbonyl (C=O) groups excluding carboxylic acids is 3. The van der Waals surface area contributed by atoms with Crippen molar-refractivity contribution in [1.29, 1.82) is 0 Å². The molecule has 8 nitrogen and oxygen atoms in total. The van der Waals surface area contributed by atoms with Gasteiger partial charge >= 0.3 is 6.03 Å². The molecular weight excluding hydrogens is 328 g/mol. The maximum Gasteiger partial charge on any atom is 0.331 e. The summed E-state index contributed by atoms with van der Waals surface area (Å²) in [5.41, 5.74) is -0.608. The van der Waals surface area contributed by atoms with Crippen molar-refractivity contribution in [2.45, 2.75) is 26.3 Å². The minimum Gasteiger partial charge on any atom is -0.502 e. The van der Waals surface area contributed by atoms with Crippen molar-refractivity contribution in [3.05, 3.63) is 23.3 Å². The molecule has 0 aliphatic carbocycles. The number of nitrogens with one attached hydrogen (secondary N) is 1. The molecule has 0 unspecified atom stereocenters. The third-order valence-corrected chi connectivity index (χ3v) is 3.59. The number of imide groups is 2. The van der Waals surface area contributed by atoms with E-state index in [1.165, 1.54) is 32.4 Å². The highest BCUT2D eigenvalue weighted by molar-refractivity contribution is 6.31. The first kappa shape index (κ1) is 18.3. The van der Waals surface area contributed by atoms with E-state index in [1.807, 2.05) is 0 Å². The van der Waals surface area contributed by atoms with Crippen molar-refractivity contribution in [3.63, 3.8) is 0 Å². The number of hydrogen-bond donors (Lipinski definition) is 2. The van der Waals surface area contributed by atoms with Crippen molar-refractivity contribution in [3.8, 4) is 17.2 Å². The highest BCUT2D eigenvalue weighted by Gasteiger charge is 2.41. The highest BCUT2D eigenvalue weighted by Crippen LogP contribution is 2.38. The van der Waals surface area contributed by atoms with Crippen LogP contribution in [0.3, 0.4) is 0 Å². The Hall–Kier alpha value is -3.03. The van der Waals surface area contributed by atoms with Gasteiger partial charge in [0.25, 0.3) is 11.8 Å². The van der Waals surface area contributed by atoms with Crippen molar-refractivity contribution in [1.82, 2.24) is 10.2 Å². The van der Waals surface area contributed by atoms with E-state index in [2.05, 4.69) is 5.32 Å². The third-order valence-electron chi connectivity index (χ3n) is 3.59. The summed E-state index contributed by atoms with van der Waals surface area (Å²) in [6.45, 7) is 5.06. The van der Waals surface area contributed by atoms with Crippen molar-refractivity contribution in [2.24, 2.45) is 0 Å². The van der Waals surface area contributed by atoms with Gasteiger partial charge in [0.1, 0.15) is 5.57 Å². The average molecular weight is 348 g/mol. The Morgan fingerprint density at radius 3 is 2.04 bits per heavy atom. The van der Waals surface area contributed by atoms with Gasteiger partial charge in [0.15, 0.2) is 11.5 Å². The van der Waals surface area contributed by atoms with Crippen LogP contribution in [0.15, 0.2) is 17.7 Å². The number of barbiturate groups is 1. The van der Waals surface area contributed by atoms with Crippen LogP contribution in [0, 0.1) is 0 Å². The summed E-state index contributed by atoms with van der Waals surface area (Å²) in [6, 6.07) is 2.13. The van der Waals surface area contributed by atoms with Crippen LogP contribution in [0.4, 0.5) is 4.79 Å². The lowest BCUT2D eigenvalue weighted by Crippen LogP contribution is -2.60. The Kier molecular flexibility index (Phi) is 4.73. The number of aromatic hydroxyl groups is 1. The molecule has 0 aromatic heterocycles. The number of phenolic OH excluding ortho intramolecular Hbond substituents is 1. The molecule has 1 aliphatic rings. The molecule has 1 aromatic carbocycles. The molecule has 2 N–H and O–H groups in total. The molecule has 0 saturated carbocycles. The normalized spacial score (nSPS) is 16.9. The van der Waals surface area contributed by atoms with Gasteiger partial charge in [-0.25, -0.2) is 4.79 Å². The summed E-state index contributed by atoms with van der Waals surface area (Å²) in [7, 11) is 2.73. The fraction of sp³-hybridized carbons (Fsp3) is 0.353. The van der Waals surface area contributed by atoms with E-state index >= 15 is 0 Å². The smallest absolute Gasteiger partial charge is 0.331 e. The summed E-state index contributed by atoms with van der Waals surface area (Å²) in [6.07, 6.45) is 1.31. The van der Waals surface area contributed by atoms with Gasteiger partial charge in [-0.1, -0.05) is 0 Å². The molecule has 1 aromatic rings. The number of rotatable bonds is 3. The molecule has 0 bridgehead atoms. The minimum atomic E-state index is -0.800. The summed E-state index contributed by atoms with van der Waals surface area (Å²) >= 11 is 0. The minimum absolute atomic E-state index is 0.124. The largest absolute Gasteiger partial charge is 0.502 e. The lowest BCUT2D eigenvalue weighted by Gasteiger charge is -2.36. The number of carbonyl (C=O) groups is 3. The molecule has 1 heterocycles. The van der Waals surface area contributed by atoms with E-state index in [0.29, 0.717) is 5.56 Å². The van der Waals surface area contributed by atoms with Crippen LogP contribution < -0.4 is 14.8 Å². The first-order valence-electron chi connectivity index (χ1n) is 7.46. The van der Waals surface area contributed by atoms with Gasteiger partial charge < -0.3 is 14.6 Å². The molecule has 1 aliphatic heterocycles. The van der Waals surface area contributed by atoms with Gasteiger partial charge in [0, 0.05) is 5.54 Å². The molecule has 1 saturated heterocycles. The lowest BCUT2D eigenvalue weighted by atomic mass is 10.0. The van der Waals surface area contributed by atoms with Gasteiger partial charge in [-0.05, 0) is 44.5 Å². The number of nitrogens with zero attached hydrogens (tertiary/aromatic N) is 1. The van der Waals surface area contributed by atoms with E-state index in [-0.39, 0.29) is 22.8 Å². The van der Waals surface area contributed by atoms with Gasteiger partial charge in [-0.2, -0.15) is 0 Å². The number of benzene rings is 1. The van der Waals surface area contributed by atoms with E-state index in [1.54, 1.807) is 20.8 Å². The fourth-order valence-electron chi connectivity index (χ4n) is 2.43. The lowest BCUT2D eigenvalue weighted by molar-refractivity contribution is -0.133. The molecule has 0 spiro atoms. The van der Waals surface area contributed by atoms with Gasteiger partial charge in [-0.15, -0.1) is 0 Å². The SMILES string of the molecule is COc1cc(/C=C2/C(=O)NC(=O)N(C(C)(C)C)C2=O)cc(OC)c1O. The van der Waals surface area contributed by atoms with Gasteiger partial charge in [0.2, 0.25) is 5.75 Å². The van der Waals surface area contributed by atoms with Crippen molar-refractivity contribution < 1.29 is 29.0 Å². The predicted molar refractivity (Wildman–Crippen MR) is 89.3 cm³/mol. The van der Waals surface area contributed by atoms with Crippen LogP contribution in [-0.2, 0) is 9.59 Å². The zero-order chi connectivity index (χ0) is 18.9. The van der Waals surface area contributed by atoms with Crippen LogP contribution in [0.1, 0.15) is 26.3 Å². The van der Waals surface area contributed by atoms with E-state index in [9.17, 15) is 19.5 Å². The second kappa shape index (κ2) is 6.46. The predicted octanol–water partition coefficient (Wildman–Crippen LogP) is 1.67. The Bertz CT molecular complexity index is 751. The first-order valence-corrected chi connectivity index (χ1v) is 7.46. The van der Waals surface area contributed by atoms with Gasteiger partial charge in [-0.3, -0.25) is 19.8 Å². The molecule has 0 atom stereocenters. The second-order valence-corrected chi connectivity index (χ2v) is 6.40. The molecular formula is C17H20N2O6. The maximum atomic E-state index is 12.6. The van der Waals surface area contributed by atoms with Gasteiger partial charge in [0.05, 0.1) is 14.2 Å². The van der Waals surface area contributed by atoms with Crippen LogP contribution >= 0.6 is 0 Å². The average Bonchev–Trinajstić information content (AvgIpc) is 2.50. The molecule has 2 rings (SSSR count). The number of methoxy groups -OCH3 is 2. The summed E-state index contributed by atoms with van der Waals surface area (Å²) in [5.74, 6) is -1.44. The molecule has 4 amide bonds. The summed E-state index contributed by atoms with van der Waals surface area (Å²) < 4.78 is 10.1. The number of amides is 4. The zero-order valence-corrected chi connectivity index (χ0v) is 14.7. The standard InChI is InChI=1S/C17H20N2O6/c1-17(2,3)19-15(22)10(14(21)18-16(19)23)6-9-7-11(24-4)13(20)12(8-9)25-5/h6-8,20H,1-5H3,(H,18,21,23)/b10-6-. The number of hydrogen-bond acceptors (Lipinski definition) is 6. The fourth-order valence-corrected chi connectivity index (χ4v) is 2.43. The molecule has 134 valence electrons. The third kappa shape index (κ3) is 3.42. The van der Waals surface area contributed by atoms with Crippen LogP contribution in [-0.4, -0.2) is 47.6 Å². The van der Waals surface area contributed by atoms with Crippen LogP contribution in [0.25, 0.3) is 6.08 Å². The van der Waals surface area contributed by atoms with E-state index in [4.69, 9.17) is 9.47 Å². The number of urea groups is 1. The molecule has 1 fully saturated rings. The molecule has 0 radical (unpaired) electrons. The van der Waals surface area contributed by atoms with E-state index < -0.39 is 23.4 Å². The Labute approximate surface area is 145 Å². The topological polar surface area (TPSA) is 105 Å².